The van der Waals surface area contributed by atoms with Crippen LogP contribution in [0.5, 0.6) is 5.75 Å². The van der Waals surface area contributed by atoms with Crippen molar-refractivity contribution in [2.24, 2.45) is 0 Å². The van der Waals surface area contributed by atoms with Crippen LogP contribution in [0.1, 0.15) is 21.6 Å². The number of carbonyl (C=O) groups is 1. The molecule has 3 aromatic rings. The molecule has 1 amide bonds. The van der Waals surface area contributed by atoms with E-state index in [0.29, 0.717) is 18.2 Å². The number of aryl methyl sites for hydroxylation is 1. The summed E-state index contributed by atoms with van der Waals surface area (Å²) < 4.78 is 5.29. The molecule has 0 bridgehead atoms. The molecular weight excluding hydrogens is 328 g/mol. The van der Waals surface area contributed by atoms with E-state index in [0.717, 1.165) is 17.0 Å². The molecule has 0 aliphatic heterocycles. The number of nitrogens with zero attached hydrogens (tertiary/aromatic N) is 2. The number of hydrogen-bond donors (Lipinski definition) is 2. The zero-order valence-electron chi connectivity index (χ0n) is 14.7. The van der Waals surface area contributed by atoms with E-state index in [-0.39, 0.29) is 5.91 Å². The molecule has 3 rings (SSSR count). The van der Waals surface area contributed by atoms with Crippen LogP contribution in [0.3, 0.4) is 0 Å². The van der Waals surface area contributed by atoms with Crippen molar-refractivity contribution in [2.45, 2.75) is 13.5 Å². The Morgan fingerprint density at radius 1 is 1.08 bits per heavy atom. The van der Waals surface area contributed by atoms with Gasteiger partial charge in [-0.1, -0.05) is 35.9 Å². The zero-order valence-corrected chi connectivity index (χ0v) is 14.7. The topological polar surface area (TPSA) is 76.1 Å². The van der Waals surface area contributed by atoms with Crippen LogP contribution in [0, 0.1) is 6.92 Å². The van der Waals surface area contributed by atoms with Crippen molar-refractivity contribution in [3.05, 3.63) is 77.6 Å². The van der Waals surface area contributed by atoms with E-state index < -0.39 is 0 Å². The predicted octanol–water partition coefficient (Wildman–Crippen LogP) is 3.47. The molecule has 2 N–H and O–H groups in total. The Morgan fingerprint density at radius 3 is 2.62 bits per heavy atom. The van der Waals surface area contributed by atoms with E-state index >= 15 is 0 Å². The summed E-state index contributed by atoms with van der Waals surface area (Å²) in [5.41, 5.74) is 3.23. The molecule has 0 aliphatic carbocycles. The van der Waals surface area contributed by atoms with Crippen LogP contribution in [-0.4, -0.2) is 23.0 Å². The van der Waals surface area contributed by atoms with Gasteiger partial charge in [-0.2, -0.15) is 0 Å². The Kier molecular flexibility index (Phi) is 5.43. The molecule has 0 radical (unpaired) electrons. The summed E-state index contributed by atoms with van der Waals surface area (Å²) in [7, 11) is 1.61. The first-order chi connectivity index (χ1) is 12.7. The highest BCUT2D eigenvalue weighted by molar-refractivity contribution is 5.92. The van der Waals surface area contributed by atoms with Gasteiger partial charge in [-0.3, -0.25) is 4.79 Å². The Balaban J connectivity index is 1.67. The van der Waals surface area contributed by atoms with Gasteiger partial charge in [0, 0.05) is 24.0 Å². The van der Waals surface area contributed by atoms with Gasteiger partial charge in [0.25, 0.3) is 5.91 Å². The number of hydrogen-bond acceptors (Lipinski definition) is 5. The smallest absolute Gasteiger partial charge is 0.270 e. The number of anilines is 2. The van der Waals surface area contributed by atoms with Crippen LogP contribution in [0.15, 0.2) is 60.8 Å². The molecular formula is C20H20N4O2. The summed E-state index contributed by atoms with van der Waals surface area (Å²) >= 11 is 0. The maximum Gasteiger partial charge on any atom is 0.270 e. The number of methoxy groups -OCH3 is 1. The SMILES string of the molecule is COc1ccccc1CNC(=O)c1ccnc(Nc2ccc(C)cc2)n1. The van der Waals surface area contributed by atoms with Crippen LogP contribution < -0.4 is 15.4 Å². The Bertz CT molecular complexity index is 894. The standard InChI is InChI=1S/C20H20N4O2/c1-14-7-9-16(10-8-14)23-20-21-12-11-17(24-20)19(25)22-13-15-5-3-4-6-18(15)26-2/h3-12H,13H2,1-2H3,(H,22,25)(H,21,23,24). The first-order valence-electron chi connectivity index (χ1n) is 8.22. The normalized spacial score (nSPS) is 10.2. The third-order valence-corrected chi connectivity index (χ3v) is 3.83. The molecule has 0 fully saturated rings. The van der Waals surface area contributed by atoms with Crippen molar-refractivity contribution in [3.63, 3.8) is 0 Å². The van der Waals surface area contributed by atoms with Crippen molar-refractivity contribution in [1.29, 1.82) is 0 Å². The van der Waals surface area contributed by atoms with Crippen molar-refractivity contribution in [2.75, 3.05) is 12.4 Å². The zero-order chi connectivity index (χ0) is 18.4. The molecule has 0 unspecified atom stereocenters. The van der Waals surface area contributed by atoms with Gasteiger partial charge in [0.15, 0.2) is 0 Å². The highest BCUT2D eigenvalue weighted by Crippen LogP contribution is 2.17. The quantitative estimate of drug-likeness (QED) is 0.713. The Hall–Kier alpha value is -3.41. The second kappa shape index (κ2) is 8.11. The fourth-order valence-electron chi connectivity index (χ4n) is 2.43. The molecule has 0 spiro atoms. The molecule has 0 saturated carbocycles. The van der Waals surface area contributed by atoms with Gasteiger partial charge in [0.2, 0.25) is 5.95 Å². The van der Waals surface area contributed by atoms with Gasteiger partial charge >= 0.3 is 0 Å². The summed E-state index contributed by atoms with van der Waals surface area (Å²) in [5.74, 6) is 0.835. The van der Waals surface area contributed by atoms with E-state index in [9.17, 15) is 4.79 Å². The van der Waals surface area contributed by atoms with E-state index in [1.807, 2.05) is 55.5 Å². The summed E-state index contributed by atoms with van der Waals surface area (Å²) in [4.78, 5) is 20.8. The minimum absolute atomic E-state index is 0.273. The molecule has 0 atom stereocenters. The molecule has 1 heterocycles. The number of rotatable bonds is 6. The second-order valence-electron chi connectivity index (χ2n) is 5.75. The number of aromatic nitrogens is 2. The van der Waals surface area contributed by atoms with Gasteiger partial charge in [0.1, 0.15) is 11.4 Å². The van der Waals surface area contributed by atoms with Crippen LogP contribution in [0.2, 0.25) is 0 Å². The molecule has 6 nitrogen and oxygen atoms in total. The average molecular weight is 348 g/mol. The van der Waals surface area contributed by atoms with Crippen LogP contribution in [0.25, 0.3) is 0 Å². The van der Waals surface area contributed by atoms with Gasteiger partial charge in [0.05, 0.1) is 7.11 Å². The number of ether oxygens (including phenoxy) is 1. The summed E-state index contributed by atoms with van der Waals surface area (Å²) in [6, 6.07) is 17.0. The molecule has 132 valence electrons. The largest absolute Gasteiger partial charge is 0.496 e. The molecule has 26 heavy (non-hydrogen) atoms. The molecule has 0 saturated heterocycles. The highest BCUT2D eigenvalue weighted by Gasteiger charge is 2.10. The number of amides is 1. The first kappa shape index (κ1) is 17.4. The van der Waals surface area contributed by atoms with Crippen molar-refractivity contribution in [3.8, 4) is 5.75 Å². The van der Waals surface area contributed by atoms with E-state index in [1.165, 1.54) is 5.56 Å². The summed E-state index contributed by atoms with van der Waals surface area (Å²) in [6.07, 6.45) is 1.56. The molecule has 1 aromatic heterocycles. The van der Waals surface area contributed by atoms with Gasteiger partial charge in [-0.15, -0.1) is 0 Å². The second-order valence-corrected chi connectivity index (χ2v) is 5.75. The van der Waals surface area contributed by atoms with Crippen molar-refractivity contribution in [1.82, 2.24) is 15.3 Å². The Labute approximate surface area is 152 Å². The molecule has 0 aliphatic rings. The fourth-order valence-corrected chi connectivity index (χ4v) is 2.43. The Morgan fingerprint density at radius 2 is 1.85 bits per heavy atom. The fraction of sp³-hybridized carbons (Fsp3) is 0.150. The van der Waals surface area contributed by atoms with Crippen LogP contribution in [-0.2, 0) is 6.54 Å². The third-order valence-electron chi connectivity index (χ3n) is 3.83. The summed E-state index contributed by atoms with van der Waals surface area (Å²) in [5, 5.41) is 5.95. The number of para-hydroxylation sites is 1. The number of nitrogens with one attached hydrogen (secondary N) is 2. The van der Waals surface area contributed by atoms with Gasteiger partial charge in [-0.05, 0) is 31.2 Å². The minimum atomic E-state index is -0.273. The average Bonchev–Trinajstić information content (AvgIpc) is 2.68. The maximum absolute atomic E-state index is 12.4. The molecule has 6 heteroatoms. The lowest BCUT2D eigenvalue weighted by Crippen LogP contribution is -2.24. The van der Waals surface area contributed by atoms with Crippen molar-refractivity contribution < 1.29 is 9.53 Å². The molecule has 2 aromatic carbocycles. The maximum atomic E-state index is 12.4. The van der Waals surface area contributed by atoms with E-state index in [4.69, 9.17) is 4.74 Å². The van der Waals surface area contributed by atoms with E-state index in [1.54, 1.807) is 19.4 Å². The minimum Gasteiger partial charge on any atom is -0.496 e. The van der Waals surface area contributed by atoms with Crippen LogP contribution in [0.4, 0.5) is 11.6 Å². The lowest BCUT2D eigenvalue weighted by Gasteiger charge is -2.10. The number of benzene rings is 2. The number of carbonyl (C=O) groups excluding carboxylic acids is 1. The van der Waals surface area contributed by atoms with Gasteiger partial charge in [-0.25, -0.2) is 9.97 Å². The summed E-state index contributed by atoms with van der Waals surface area (Å²) in [6.45, 7) is 2.38. The highest BCUT2D eigenvalue weighted by atomic mass is 16.5. The monoisotopic (exact) mass is 348 g/mol. The predicted molar refractivity (Wildman–Crippen MR) is 101 cm³/mol. The van der Waals surface area contributed by atoms with E-state index in [2.05, 4.69) is 20.6 Å². The van der Waals surface area contributed by atoms with Crippen molar-refractivity contribution >= 4 is 17.5 Å². The lowest BCUT2D eigenvalue weighted by atomic mass is 10.2. The lowest BCUT2D eigenvalue weighted by molar-refractivity contribution is 0.0945. The van der Waals surface area contributed by atoms with Gasteiger partial charge < -0.3 is 15.4 Å². The first-order valence-corrected chi connectivity index (χ1v) is 8.22. The third kappa shape index (κ3) is 4.36. The van der Waals surface area contributed by atoms with Crippen LogP contribution >= 0.6 is 0 Å².